The first-order chi connectivity index (χ1) is 14.2. The number of carbonyl (C=O) groups is 1. The second-order valence-electron chi connectivity index (χ2n) is 8.23. The summed E-state index contributed by atoms with van der Waals surface area (Å²) in [5.74, 6) is -0.216. The van der Waals surface area contributed by atoms with E-state index in [-0.39, 0.29) is 23.6 Å². The Labute approximate surface area is 190 Å². The number of hydrogen-bond donors (Lipinski definition) is 1. The van der Waals surface area contributed by atoms with Crippen LogP contribution in [0.15, 0.2) is 48.7 Å². The maximum Gasteiger partial charge on any atom is 0.255 e. The number of carbonyl (C=O) groups excluding carboxylic acids is 1. The minimum absolute atomic E-state index is 0.0214. The molecule has 0 atom stereocenters. The Kier molecular flexibility index (Phi) is 5.69. The third kappa shape index (κ3) is 3.89. The minimum Gasteiger partial charge on any atom is -0.360 e. The van der Waals surface area contributed by atoms with Crippen molar-refractivity contribution in [2.24, 2.45) is 0 Å². The number of benzene rings is 2. The van der Waals surface area contributed by atoms with Gasteiger partial charge in [0.25, 0.3) is 5.91 Å². The molecule has 1 aliphatic carbocycles. The molecule has 5 nitrogen and oxygen atoms in total. The van der Waals surface area contributed by atoms with Crippen molar-refractivity contribution in [1.82, 2.24) is 9.88 Å². The number of fused-ring (bicyclic) bond motifs is 1. The van der Waals surface area contributed by atoms with Crippen LogP contribution in [0.1, 0.15) is 40.7 Å². The lowest BCUT2D eigenvalue weighted by molar-refractivity contribution is 0.0805. The monoisotopic (exact) mass is 536 g/mol. The lowest BCUT2D eigenvalue weighted by Crippen LogP contribution is -2.35. The maximum absolute atomic E-state index is 13.0. The Morgan fingerprint density at radius 2 is 1.87 bits per heavy atom. The molecular weight excluding hydrogens is 511 g/mol. The summed E-state index contributed by atoms with van der Waals surface area (Å²) in [4.78, 5) is 17.9. The quantitative estimate of drug-likeness (QED) is 0.476. The predicted octanol–water partition coefficient (Wildman–Crippen LogP) is 4.36. The molecule has 3 aromatic rings. The molecule has 0 unspecified atom stereocenters. The summed E-state index contributed by atoms with van der Waals surface area (Å²) in [5, 5.41) is 1.07. The van der Waals surface area contributed by atoms with E-state index >= 15 is 0 Å². The molecule has 1 aliphatic rings. The topological polar surface area (TPSA) is 70.2 Å². The van der Waals surface area contributed by atoms with Gasteiger partial charge in [0.2, 0.25) is 0 Å². The number of amides is 1. The Morgan fingerprint density at radius 1 is 1.17 bits per heavy atom. The first kappa shape index (κ1) is 21.4. The zero-order valence-electron chi connectivity index (χ0n) is 17.1. The second-order valence-corrected chi connectivity index (χ2v) is 11.7. The van der Waals surface area contributed by atoms with Crippen molar-refractivity contribution >= 4 is 49.2 Å². The van der Waals surface area contributed by atoms with Crippen molar-refractivity contribution in [3.63, 3.8) is 0 Å². The summed E-state index contributed by atoms with van der Waals surface area (Å²) in [7, 11) is -1.48. The molecule has 0 saturated heterocycles. The van der Waals surface area contributed by atoms with E-state index in [1.165, 1.54) is 32.3 Å². The first-order valence-electron chi connectivity index (χ1n) is 10.0. The zero-order valence-corrected chi connectivity index (χ0v) is 20.1. The van der Waals surface area contributed by atoms with Crippen molar-refractivity contribution in [3.8, 4) is 0 Å². The van der Waals surface area contributed by atoms with Crippen molar-refractivity contribution < 1.29 is 13.2 Å². The molecule has 0 radical (unpaired) electrons. The number of para-hydroxylation sites is 1. The van der Waals surface area contributed by atoms with Crippen LogP contribution >= 0.6 is 22.6 Å². The van der Waals surface area contributed by atoms with Crippen LogP contribution in [-0.4, -0.2) is 49.8 Å². The fraction of sp³-hybridized carbons (Fsp3) is 0.348. The molecule has 1 fully saturated rings. The number of aromatic amines is 1. The van der Waals surface area contributed by atoms with E-state index in [4.69, 9.17) is 0 Å². The fourth-order valence-electron chi connectivity index (χ4n) is 4.35. The van der Waals surface area contributed by atoms with E-state index in [0.717, 1.165) is 23.7 Å². The van der Waals surface area contributed by atoms with Gasteiger partial charge in [-0.2, -0.15) is 0 Å². The van der Waals surface area contributed by atoms with Crippen LogP contribution in [0.25, 0.3) is 10.9 Å². The van der Waals surface area contributed by atoms with Gasteiger partial charge in [-0.3, -0.25) is 4.79 Å². The van der Waals surface area contributed by atoms with Gasteiger partial charge in [0.15, 0.2) is 0 Å². The maximum atomic E-state index is 13.0. The number of nitrogens with zero attached hydrogens (tertiary/aromatic N) is 1. The van der Waals surface area contributed by atoms with Gasteiger partial charge >= 0.3 is 0 Å². The molecule has 1 aromatic heterocycles. The van der Waals surface area contributed by atoms with Gasteiger partial charge in [0, 0.05) is 40.4 Å². The smallest absolute Gasteiger partial charge is 0.255 e. The first-order valence-corrected chi connectivity index (χ1v) is 13.1. The molecule has 1 saturated carbocycles. The average molecular weight is 536 g/mol. The van der Waals surface area contributed by atoms with Crippen LogP contribution in [0.5, 0.6) is 0 Å². The van der Waals surface area contributed by atoms with Crippen molar-refractivity contribution in [3.05, 3.63) is 68.9 Å². The molecule has 2 aromatic carbocycles. The van der Waals surface area contributed by atoms with Crippen LogP contribution in [-0.2, 0) is 15.3 Å². The molecule has 0 aliphatic heterocycles. The summed E-state index contributed by atoms with van der Waals surface area (Å²) in [5.41, 5.74) is 3.93. The van der Waals surface area contributed by atoms with E-state index in [2.05, 4.69) is 64.1 Å². The third-order valence-electron chi connectivity index (χ3n) is 6.21. The van der Waals surface area contributed by atoms with E-state index in [1.54, 1.807) is 13.1 Å². The summed E-state index contributed by atoms with van der Waals surface area (Å²) < 4.78 is 24.2. The van der Waals surface area contributed by atoms with Gasteiger partial charge in [-0.25, -0.2) is 8.42 Å². The van der Waals surface area contributed by atoms with E-state index in [1.807, 2.05) is 6.07 Å². The standard InChI is InChI=1S/C23H25IN2O3S/c1-26(13-14-30(2,28)29)22(27)19-6-3-5-18-20(15-25-21(18)19)23(11-4-12-23)16-7-9-17(24)10-8-16/h3,5-10,15,25H,4,11-14H2,1-2H3. The fourth-order valence-corrected chi connectivity index (χ4v) is 5.32. The summed E-state index contributed by atoms with van der Waals surface area (Å²) in [6.07, 6.45) is 6.60. The molecule has 7 heteroatoms. The van der Waals surface area contributed by atoms with Gasteiger partial charge in [0.1, 0.15) is 9.84 Å². The Bertz CT molecular complexity index is 1190. The number of H-pyrrole nitrogens is 1. The van der Waals surface area contributed by atoms with Crippen molar-refractivity contribution in [2.45, 2.75) is 24.7 Å². The second kappa shape index (κ2) is 8.00. The number of rotatable bonds is 6. The highest BCUT2D eigenvalue weighted by Crippen LogP contribution is 2.51. The average Bonchev–Trinajstić information content (AvgIpc) is 3.10. The van der Waals surface area contributed by atoms with Crippen LogP contribution < -0.4 is 0 Å². The highest BCUT2D eigenvalue weighted by atomic mass is 127. The number of halogens is 1. The molecule has 30 heavy (non-hydrogen) atoms. The highest BCUT2D eigenvalue weighted by Gasteiger charge is 2.42. The molecule has 0 spiro atoms. The SMILES string of the molecule is CN(CCS(C)(=O)=O)C(=O)c1cccc2c(C3(c4ccc(I)cc4)CCC3)c[nH]c12. The van der Waals surface area contributed by atoms with E-state index < -0.39 is 9.84 Å². The molecule has 1 heterocycles. The van der Waals surface area contributed by atoms with Gasteiger partial charge in [-0.15, -0.1) is 0 Å². The summed E-state index contributed by atoms with van der Waals surface area (Å²) in [6.45, 7) is 0.175. The normalized spacial score (nSPS) is 15.7. The molecule has 0 bridgehead atoms. The predicted molar refractivity (Wildman–Crippen MR) is 129 cm³/mol. The van der Waals surface area contributed by atoms with Gasteiger partial charge < -0.3 is 9.88 Å². The van der Waals surface area contributed by atoms with Crippen LogP contribution in [0.2, 0.25) is 0 Å². The number of nitrogens with one attached hydrogen (secondary N) is 1. The lowest BCUT2D eigenvalue weighted by atomic mass is 9.60. The minimum atomic E-state index is -3.12. The third-order valence-corrected chi connectivity index (χ3v) is 7.85. The number of hydrogen-bond acceptors (Lipinski definition) is 3. The van der Waals surface area contributed by atoms with E-state index in [9.17, 15) is 13.2 Å². The highest BCUT2D eigenvalue weighted by molar-refractivity contribution is 14.1. The Morgan fingerprint density at radius 3 is 2.47 bits per heavy atom. The molecule has 1 N–H and O–H groups in total. The molecule has 1 amide bonds. The Hall–Kier alpha value is -1.87. The van der Waals surface area contributed by atoms with E-state index in [0.29, 0.717) is 5.56 Å². The van der Waals surface area contributed by atoms with Gasteiger partial charge in [-0.1, -0.05) is 30.7 Å². The van der Waals surface area contributed by atoms with Crippen LogP contribution in [0, 0.1) is 3.57 Å². The molecule has 158 valence electrons. The molecule has 4 rings (SSSR count). The van der Waals surface area contributed by atoms with Gasteiger partial charge in [0.05, 0.1) is 16.8 Å². The van der Waals surface area contributed by atoms with Crippen molar-refractivity contribution in [1.29, 1.82) is 0 Å². The largest absolute Gasteiger partial charge is 0.360 e. The summed E-state index contributed by atoms with van der Waals surface area (Å²) >= 11 is 2.33. The van der Waals surface area contributed by atoms with Crippen LogP contribution in [0.3, 0.4) is 0 Å². The number of sulfone groups is 1. The number of aromatic nitrogens is 1. The van der Waals surface area contributed by atoms with Gasteiger partial charge in [-0.05, 0) is 64.8 Å². The van der Waals surface area contributed by atoms with Crippen molar-refractivity contribution in [2.75, 3.05) is 25.6 Å². The zero-order chi connectivity index (χ0) is 21.5. The lowest BCUT2D eigenvalue weighted by Gasteiger charge is -2.42. The summed E-state index contributed by atoms with van der Waals surface area (Å²) in [6, 6.07) is 14.5. The molecular formula is C23H25IN2O3S. The Balaban J connectivity index is 1.72. The van der Waals surface area contributed by atoms with Crippen LogP contribution in [0.4, 0.5) is 0 Å².